The van der Waals surface area contributed by atoms with Gasteiger partial charge in [0.2, 0.25) is 0 Å². The first kappa shape index (κ1) is 11.2. The minimum atomic E-state index is -1.02. The Labute approximate surface area is 94.0 Å². The Morgan fingerprint density at radius 2 is 2.00 bits per heavy atom. The Balaban J connectivity index is 1.77. The summed E-state index contributed by atoms with van der Waals surface area (Å²) in [6, 6.07) is -0.197. The molecule has 6 nitrogen and oxygen atoms in total. The molecule has 3 aliphatic rings. The van der Waals surface area contributed by atoms with Gasteiger partial charge >= 0.3 is 12.0 Å². The molecule has 0 aliphatic carbocycles. The van der Waals surface area contributed by atoms with E-state index < -0.39 is 5.97 Å². The molecule has 0 saturated carbocycles. The number of hydrogen-bond acceptors (Lipinski definition) is 3. The maximum Gasteiger partial charge on any atom is 0.323 e. The molecule has 0 spiro atoms. The fourth-order valence-corrected chi connectivity index (χ4v) is 2.50. The van der Waals surface area contributed by atoms with Gasteiger partial charge in [0.15, 0.2) is 0 Å². The SMILES string of the molecule is O=C(O)CNC(=O)NC1CN2CCC1CC2. The van der Waals surface area contributed by atoms with Crippen molar-refractivity contribution in [1.29, 1.82) is 0 Å². The van der Waals surface area contributed by atoms with Crippen LogP contribution in [0.15, 0.2) is 0 Å². The number of piperidine rings is 3. The number of fused-ring (bicyclic) bond motifs is 3. The summed E-state index contributed by atoms with van der Waals surface area (Å²) in [5.41, 5.74) is 0. The van der Waals surface area contributed by atoms with E-state index in [9.17, 15) is 9.59 Å². The van der Waals surface area contributed by atoms with E-state index in [1.807, 2.05) is 0 Å². The van der Waals surface area contributed by atoms with Crippen LogP contribution in [0.5, 0.6) is 0 Å². The quantitative estimate of drug-likeness (QED) is 0.605. The Bertz CT molecular complexity index is 287. The highest BCUT2D eigenvalue weighted by Gasteiger charge is 2.34. The van der Waals surface area contributed by atoms with Gasteiger partial charge in [-0.1, -0.05) is 0 Å². The molecule has 1 atom stereocenters. The molecule has 2 amide bonds. The average Bonchev–Trinajstić information content (AvgIpc) is 2.28. The highest BCUT2D eigenvalue weighted by molar-refractivity contribution is 5.80. The van der Waals surface area contributed by atoms with Crippen LogP contribution in [0.4, 0.5) is 4.79 Å². The second kappa shape index (κ2) is 4.69. The molecule has 3 N–H and O–H groups in total. The van der Waals surface area contributed by atoms with Crippen LogP contribution in [0.1, 0.15) is 12.8 Å². The van der Waals surface area contributed by atoms with Gasteiger partial charge in [-0.05, 0) is 31.8 Å². The Morgan fingerprint density at radius 3 is 2.50 bits per heavy atom. The van der Waals surface area contributed by atoms with Crippen molar-refractivity contribution in [3.8, 4) is 0 Å². The van der Waals surface area contributed by atoms with Gasteiger partial charge in [0, 0.05) is 12.6 Å². The van der Waals surface area contributed by atoms with Gasteiger partial charge in [-0.2, -0.15) is 0 Å². The maximum atomic E-state index is 11.4. The molecule has 16 heavy (non-hydrogen) atoms. The average molecular weight is 227 g/mol. The van der Waals surface area contributed by atoms with E-state index in [0.29, 0.717) is 5.92 Å². The first-order valence-electron chi connectivity index (χ1n) is 5.63. The monoisotopic (exact) mass is 227 g/mol. The summed E-state index contributed by atoms with van der Waals surface area (Å²) in [7, 11) is 0. The zero-order valence-corrected chi connectivity index (χ0v) is 9.11. The third kappa shape index (κ3) is 2.63. The van der Waals surface area contributed by atoms with Crippen molar-refractivity contribution >= 4 is 12.0 Å². The zero-order valence-electron chi connectivity index (χ0n) is 9.11. The molecule has 0 radical (unpaired) electrons. The molecule has 3 heterocycles. The third-order valence-corrected chi connectivity index (χ3v) is 3.37. The van der Waals surface area contributed by atoms with Crippen molar-refractivity contribution in [1.82, 2.24) is 15.5 Å². The molecule has 3 aliphatic heterocycles. The standard InChI is InChI=1S/C10H17N3O3/c14-9(15)5-11-10(16)12-8-6-13-3-1-7(8)2-4-13/h7-8H,1-6H2,(H,14,15)(H2,11,12,16). The lowest BCUT2D eigenvalue weighted by Crippen LogP contribution is -2.58. The molecule has 6 heteroatoms. The van der Waals surface area contributed by atoms with Crippen LogP contribution in [-0.4, -0.2) is 54.2 Å². The fraction of sp³-hybridized carbons (Fsp3) is 0.800. The van der Waals surface area contributed by atoms with Crippen molar-refractivity contribution < 1.29 is 14.7 Å². The predicted molar refractivity (Wildman–Crippen MR) is 57.1 cm³/mol. The Hall–Kier alpha value is -1.30. The number of hydrogen-bond donors (Lipinski definition) is 3. The smallest absolute Gasteiger partial charge is 0.323 e. The molecule has 2 bridgehead atoms. The molecule has 90 valence electrons. The van der Waals surface area contributed by atoms with Crippen LogP contribution in [-0.2, 0) is 4.79 Å². The van der Waals surface area contributed by atoms with Gasteiger partial charge in [-0.15, -0.1) is 0 Å². The molecular weight excluding hydrogens is 210 g/mol. The lowest BCUT2D eigenvalue weighted by molar-refractivity contribution is -0.135. The number of carbonyl (C=O) groups is 2. The van der Waals surface area contributed by atoms with Gasteiger partial charge in [0.25, 0.3) is 0 Å². The summed E-state index contributed by atoms with van der Waals surface area (Å²) in [6.45, 7) is 2.82. The zero-order chi connectivity index (χ0) is 11.5. The number of carboxylic acids is 1. The molecule has 3 saturated heterocycles. The normalized spacial score (nSPS) is 32.1. The highest BCUT2D eigenvalue weighted by atomic mass is 16.4. The summed E-state index contributed by atoms with van der Waals surface area (Å²) in [5.74, 6) is -0.468. The maximum absolute atomic E-state index is 11.4. The van der Waals surface area contributed by atoms with E-state index in [4.69, 9.17) is 5.11 Å². The molecule has 0 aromatic heterocycles. The minimum absolute atomic E-state index is 0.177. The van der Waals surface area contributed by atoms with E-state index in [-0.39, 0.29) is 18.6 Å². The van der Waals surface area contributed by atoms with Gasteiger partial charge in [-0.3, -0.25) is 4.79 Å². The minimum Gasteiger partial charge on any atom is -0.480 e. The number of aliphatic carboxylic acids is 1. The summed E-state index contributed by atoms with van der Waals surface area (Å²) in [5, 5.41) is 13.6. The van der Waals surface area contributed by atoms with Crippen LogP contribution < -0.4 is 10.6 Å². The summed E-state index contributed by atoms with van der Waals surface area (Å²) < 4.78 is 0. The lowest BCUT2D eigenvalue weighted by Gasteiger charge is -2.44. The number of carbonyl (C=O) groups excluding carboxylic acids is 1. The number of rotatable bonds is 3. The summed E-state index contributed by atoms with van der Waals surface area (Å²) in [4.78, 5) is 24.0. The van der Waals surface area contributed by atoms with Gasteiger partial charge < -0.3 is 20.6 Å². The van der Waals surface area contributed by atoms with Gasteiger partial charge in [-0.25, -0.2) is 4.79 Å². The van der Waals surface area contributed by atoms with E-state index in [2.05, 4.69) is 15.5 Å². The lowest BCUT2D eigenvalue weighted by atomic mass is 9.84. The molecular formula is C10H17N3O3. The Morgan fingerprint density at radius 1 is 1.31 bits per heavy atom. The van der Waals surface area contributed by atoms with Gasteiger partial charge in [0.05, 0.1) is 0 Å². The number of amides is 2. The van der Waals surface area contributed by atoms with Crippen LogP contribution in [0, 0.1) is 5.92 Å². The van der Waals surface area contributed by atoms with Crippen LogP contribution in [0.2, 0.25) is 0 Å². The van der Waals surface area contributed by atoms with Crippen molar-refractivity contribution in [2.45, 2.75) is 18.9 Å². The second-order valence-corrected chi connectivity index (χ2v) is 4.47. The number of nitrogens with zero attached hydrogens (tertiary/aromatic N) is 1. The van der Waals surface area contributed by atoms with Crippen molar-refractivity contribution in [3.05, 3.63) is 0 Å². The van der Waals surface area contributed by atoms with Crippen molar-refractivity contribution in [2.24, 2.45) is 5.92 Å². The van der Waals surface area contributed by atoms with E-state index >= 15 is 0 Å². The molecule has 0 aromatic rings. The fourth-order valence-electron chi connectivity index (χ4n) is 2.50. The third-order valence-electron chi connectivity index (χ3n) is 3.37. The highest BCUT2D eigenvalue weighted by Crippen LogP contribution is 2.27. The van der Waals surface area contributed by atoms with Crippen LogP contribution in [0.25, 0.3) is 0 Å². The van der Waals surface area contributed by atoms with E-state index in [0.717, 1.165) is 32.5 Å². The van der Waals surface area contributed by atoms with E-state index in [1.165, 1.54) is 0 Å². The first-order valence-corrected chi connectivity index (χ1v) is 5.63. The molecule has 3 fully saturated rings. The van der Waals surface area contributed by atoms with Crippen LogP contribution in [0.3, 0.4) is 0 Å². The molecule has 1 unspecified atom stereocenters. The number of nitrogens with one attached hydrogen (secondary N) is 2. The topological polar surface area (TPSA) is 81.7 Å². The van der Waals surface area contributed by atoms with Gasteiger partial charge in [0.1, 0.15) is 6.54 Å². The molecule has 3 rings (SSSR count). The summed E-state index contributed by atoms with van der Waals surface area (Å²) >= 11 is 0. The Kier molecular flexibility index (Phi) is 3.28. The first-order chi connectivity index (χ1) is 7.65. The van der Waals surface area contributed by atoms with Crippen molar-refractivity contribution in [3.63, 3.8) is 0 Å². The summed E-state index contributed by atoms with van der Waals surface area (Å²) in [6.07, 6.45) is 2.26. The molecule has 0 aromatic carbocycles. The number of carboxylic acid groups (broad SMARTS) is 1. The second-order valence-electron chi connectivity index (χ2n) is 4.47. The largest absolute Gasteiger partial charge is 0.480 e. The van der Waals surface area contributed by atoms with E-state index in [1.54, 1.807) is 0 Å². The number of urea groups is 1. The van der Waals surface area contributed by atoms with Crippen molar-refractivity contribution in [2.75, 3.05) is 26.2 Å². The predicted octanol–water partition coefficient (Wildman–Crippen LogP) is -0.536. The van der Waals surface area contributed by atoms with Crippen LogP contribution >= 0.6 is 0 Å².